The second-order valence-corrected chi connectivity index (χ2v) is 6.77. The number of amides is 1. The summed E-state index contributed by atoms with van der Waals surface area (Å²) >= 11 is 29.7. The maximum atomic E-state index is 12.1. The SMILES string of the molecule is COc1cc([N+](=O)[O-])ccc1NC(=O)COc1c(Cl)c(Cl)c(Cl)c(Cl)c1Cl. The predicted molar refractivity (Wildman–Crippen MR) is 105 cm³/mol. The summed E-state index contributed by atoms with van der Waals surface area (Å²) in [7, 11) is 1.31. The van der Waals surface area contributed by atoms with Crippen LogP contribution >= 0.6 is 58.0 Å². The van der Waals surface area contributed by atoms with Crippen molar-refractivity contribution < 1.29 is 19.2 Å². The number of nitrogens with zero attached hydrogens (tertiary/aromatic N) is 1. The molecule has 0 atom stereocenters. The highest BCUT2D eigenvalue weighted by Gasteiger charge is 2.21. The van der Waals surface area contributed by atoms with E-state index in [9.17, 15) is 14.9 Å². The second-order valence-electron chi connectivity index (χ2n) is 4.88. The first-order valence-electron chi connectivity index (χ1n) is 6.93. The smallest absolute Gasteiger partial charge is 0.273 e. The maximum absolute atomic E-state index is 12.1. The highest BCUT2D eigenvalue weighted by Crippen LogP contribution is 2.48. The van der Waals surface area contributed by atoms with Gasteiger partial charge in [0.2, 0.25) is 0 Å². The van der Waals surface area contributed by atoms with Crippen LogP contribution in [-0.4, -0.2) is 24.5 Å². The summed E-state index contributed by atoms with van der Waals surface area (Å²) in [6, 6.07) is 3.71. The lowest BCUT2D eigenvalue weighted by Gasteiger charge is -2.14. The normalized spacial score (nSPS) is 10.4. The van der Waals surface area contributed by atoms with E-state index in [0.29, 0.717) is 0 Å². The molecule has 2 aromatic rings. The number of carbonyl (C=O) groups is 1. The summed E-state index contributed by atoms with van der Waals surface area (Å²) in [6.45, 7) is -0.506. The van der Waals surface area contributed by atoms with Crippen molar-refractivity contribution >= 4 is 75.3 Å². The van der Waals surface area contributed by atoms with E-state index in [1.807, 2.05) is 0 Å². The number of halogens is 5. The van der Waals surface area contributed by atoms with E-state index in [1.165, 1.54) is 25.3 Å². The molecule has 0 heterocycles. The zero-order valence-corrected chi connectivity index (χ0v) is 17.1. The molecule has 0 saturated carbocycles. The number of ether oxygens (including phenoxy) is 2. The number of nitrogens with one attached hydrogen (secondary N) is 1. The maximum Gasteiger partial charge on any atom is 0.273 e. The molecule has 0 fully saturated rings. The Bertz CT molecular complexity index is 893. The van der Waals surface area contributed by atoms with Gasteiger partial charge in [-0.1, -0.05) is 58.0 Å². The fraction of sp³-hybridized carbons (Fsp3) is 0.133. The van der Waals surface area contributed by atoms with Crippen LogP contribution in [0.25, 0.3) is 0 Å². The van der Waals surface area contributed by atoms with E-state index in [-0.39, 0.29) is 48.0 Å². The van der Waals surface area contributed by atoms with Crippen LogP contribution < -0.4 is 14.8 Å². The van der Waals surface area contributed by atoms with Gasteiger partial charge < -0.3 is 14.8 Å². The van der Waals surface area contributed by atoms with Gasteiger partial charge in [0.1, 0.15) is 15.8 Å². The summed E-state index contributed by atoms with van der Waals surface area (Å²) in [5.41, 5.74) is 0.0196. The topological polar surface area (TPSA) is 90.7 Å². The fourth-order valence-electron chi connectivity index (χ4n) is 1.93. The first kappa shape index (κ1) is 21.7. The Morgan fingerprint density at radius 3 is 2.15 bits per heavy atom. The van der Waals surface area contributed by atoms with Gasteiger partial charge in [-0.05, 0) is 6.07 Å². The molecule has 12 heteroatoms. The molecule has 0 unspecified atom stereocenters. The molecule has 0 spiro atoms. The number of hydrogen-bond acceptors (Lipinski definition) is 5. The van der Waals surface area contributed by atoms with Crippen molar-refractivity contribution in [2.45, 2.75) is 0 Å². The van der Waals surface area contributed by atoms with E-state index < -0.39 is 17.4 Å². The van der Waals surface area contributed by atoms with Crippen molar-refractivity contribution in [3.63, 3.8) is 0 Å². The zero-order chi connectivity index (χ0) is 20.3. The lowest BCUT2D eigenvalue weighted by molar-refractivity contribution is -0.384. The van der Waals surface area contributed by atoms with Crippen LogP contribution in [-0.2, 0) is 4.79 Å². The summed E-state index contributed by atoms with van der Waals surface area (Å²) in [4.78, 5) is 22.3. The molecule has 0 aliphatic rings. The largest absolute Gasteiger partial charge is 0.494 e. The van der Waals surface area contributed by atoms with Crippen LogP contribution in [0.1, 0.15) is 0 Å². The van der Waals surface area contributed by atoms with Crippen molar-refractivity contribution in [3.8, 4) is 11.5 Å². The van der Waals surface area contributed by atoms with Crippen LogP contribution in [0.15, 0.2) is 18.2 Å². The third-order valence-corrected chi connectivity index (χ3v) is 5.43. The summed E-state index contributed by atoms with van der Waals surface area (Å²) in [6.07, 6.45) is 0. The van der Waals surface area contributed by atoms with E-state index >= 15 is 0 Å². The Morgan fingerprint density at radius 2 is 1.63 bits per heavy atom. The first-order chi connectivity index (χ1) is 12.7. The number of rotatable bonds is 6. The van der Waals surface area contributed by atoms with Gasteiger partial charge in [-0.2, -0.15) is 0 Å². The molecule has 144 valence electrons. The zero-order valence-electron chi connectivity index (χ0n) is 13.3. The standard InChI is InChI=1S/C15H9Cl5N2O5/c1-26-8-4-6(22(24)25)2-3-7(8)21-9(23)5-27-15-13(19)11(17)10(16)12(18)14(15)20/h2-4H,5H2,1H3,(H,21,23). The van der Waals surface area contributed by atoms with Gasteiger partial charge in [0.25, 0.3) is 11.6 Å². The third-order valence-electron chi connectivity index (χ3n) is 3.19. The minimum absolute atomic E-state index is 0.0410. The molecule has 0 saturated heterocycles. The van der Waals surface area contributed by atoms with Gasteiger partial charge in [-0.15, -0.1) is 0 Å². The second kappa shape index (κ2) is 9.03. The molecule has 0 bridgehead atoms. The van der Waals surface area contributed by atoms with Crippen LogP contribution in [0.3, 0.4) is 0 Å². The van der Waals surface area contributed by atoms with Gasteiger partial charge in [-0.3, -0.25) is 14.9 Å². The average molecular weight is 475 g/mol. The van der Waals surface area contributed by atoms with Gasteiger partial charge in [-0.25, -0.2) is 0 Å². The lowest BCUT2D eigenvalue weighted by atomic mass is 10.2. The molecule has 2 rings (SSSR count). The Kier molecular flexibility index (Phi) is 7.25. The van der Waals surface area contributed by atoms with Gasteiger partial charge in [0, 0.05) is 6.07 Å². The minimum atomic E-state index is -0.614. The summed E-state index contributed by atoms with van der Waals surface area (Å²) in [5.74, 6) is -0.619. The average Bonchev–Trinajstić information content (AvgIpc) is 2.64. The molecule has 1 N–H and O–H groups in total. The highest BCUT2D eigenvalue weighted by molar-refractivity contribution is 6.55. The monoisotopic (exact) mass is 472 g/mol. The van der Waals surface area contributed by atoms with E-state index in [2.05, 4.69) is 5.32 Å². The first-order valence-corrected chi connectivity index (χ1v) is 8.82. The van der Waals surface area contributed by atoms with Crippen LogP contribution in [0.5, 0.6) is 11.5 Å². The number of nitro groups is 1. The number of anilines is 1. The molecule has 0 aromatic heterocycles. The lowest BCUT2D eigenvalue weighted by Crippen LogP contribution is -2.20. The van der Waals surface area contributed by atoms with E-state index in [4.69, 9.17) is 67.5 Å². The van der Waals surface area contributed by atoms with Crippen molar-refractivity contribution in [2.75, 3.05) is 19.0 Å². The van der Waals surface area contributed by atoms with E-state index in [1.54, 1.807) is 0 Å². The highest BCUT2D eigenvalue weighted by atomic mass is 35.5. The minimum Gasteiger partial charge on any atom is -0.494 e. The van der Waals surface area contributed by atoms with Gasteiger partial charge in [0.05, 0.1) is 38.9 Å². The molecule has 0 radical (unpaired) electrons. The number of hydrogen-bond donors (Lipinski definition) is 1. The third kappa shape index (κ3) is 4.80. The van der Waals surface area contributed by atoms with Crippen molar-refractivity contribution in [1.82, 2.24) is 0 Å². The number of carbonyl (C=O) groups excluding carboxylic acids is 1. The van der Waals surface area contributed by atoms with Crippen molar-refractivity contribution in [2.24, 2.45) is 0 Å². The van der Waals surface area contributed by atoms with Crippen molar-refractivity contribution in [3.05, 3.63) is 53.4 Å². The Balaban J connectivity index is 2.15. The Labute approximate surface area is 178 Å². The number of non-ortho nitro benzene ring substituents is 1. The van der Waals surface area contributed by atoms with Crippen LogP contribution in [0.4, 0.5) is 11.4 Å². The van der Waals surface area contributed by atoms with Gasteiger partial charge >= 0.3 is 0 Å². The Hall–Kier alpha value is -1.64. The number of benzene rings is 2. The number of methoxy groups -OCH3 is 1. The molecule has 7 nitrogen and oxygen atoms in total. The van der Waals surface area contributed by atoms with Gasteiger partial charge in [0.15, 0.2) is 12.4 Å². The predicted octanol–water partition coefficient (Wildman–Crippen LogP) is 5.89. The molecule has 1 amide bonds. The molecule has 0 aliphatic heterocycles. The molecule has 27 heavy (non-hydrogen) atoms. The fourth-order valence-corrected chi connectivity index (χ4v) is 3.16. The number of nitro benzene ring substituents is 1. The summed E-state index contributed by atoms with van der Waals surface area (Å²) in [5, 5.41) is 12.9. The van der Waals surface area contributed by atoms with Crippen LogP contribution in [0, 0.1) is 10.1 Å². The Morgan fingerprint density at radius 1 is 1.07 bits per heavy atom. The molecule has 2 aromatic carbocycles. The molecule has 0 aliphatic carbocycles. The van der Waals surface area contributed by atoms with E-state index in [0.717, 1.165) is 0 Å². The van der Waals surface area contributed by atoms with Crippen molar-refractivity contribution in [1.29, 1.82) is 0 Å². The molecular weight excluding hydrogens is 465 g/mol. The summed E-state index contributed by atoms with van der Waals surface area (Å²) < 4.78 is 10.3. The molecular formula is C15H9Cl5N2O5. The quantitative estimate of drug-likeness (QED) is 0.244. The van der Waals surface area contributed by atoms with Crippen LogP contribution in [0.2, 0.25) is 25.1 Å².